The Hall–Kier alpha value is -3.45. The zero-order valence-corrected chi connectivity index (χ0v) is 18.5. The highest BCUT2D eigenvalue weighted by atomic mass is 16.3. The van der Waals surface area contributed by atoms with Gasteiger partial charge in [0.2, 0.25) is 5.88 Å². The van der Waals surface area contributed by atoms with Crippen molar-refractivity contribution in [3.05, 3.63) is 69.5 Å². The molecule has 7 nitrogen and oxygen atoms in total. The highest BCUT2D eigenvalue weighted by molar-refractivity contribution is 6.05. The molecule has 0 aliphatic carbocycles. The summed E-state index contributed by atoms with van der Waals surface area (Å²) in [4.78, 5) is 35.5. The fourth-order valence-corrected chi connectivity index (χ4v) is 4.06. The first-order valence-electron chi connectivity index (χ1n) is 10.9. The average Bonchev–Trinajstić information content (AvgIpc) is 2.79. The van der Waals surface area contributed by atoms with Crippen LogP contribution >= 0.6 is 0 Å². The van der Waals surface area contributed by atoms with Crippen molar-refractivity contribution in [1.29, 1.82) is 0 Å². The molecule has 1 aliphatic rings. The van der Waals surface area contributed by atoms with E-state index >= 15 is 0 Å². The lowest BCUT2D eigenvalue weighted by Crippen LogP contribution is -2.28. The number of amides is 1. The Morgan fingerprint density at radius 3 is 2.50 bits per heavy atom. The molecule has 0 unspecified atom stereocenters. The Kier molecular flexibility index (Phi) is 6.37. The zero-order valence-electron chi connectivity index (χ0n) is 18.5. The monoisotopic (exact) mass is 432 g/mol. The van der Waals surface area contributed by atoms with Crippen molar-refractivity contribution < 1.29 is 9.90 Å². The smallest absolute Gasteiger partial charge is 0.258 e. The number of rotatable bonds is 5. The molecule has 2 aromatic carbocycles. The molecule has 0 spiro atoms. The number of nitrogens with zero attached hydrogens (tertiary/aromatic N) is 3. The van der Waals surface area contributed by atoms with Crippen molar-refractivity contribution in [3.63, 3.8) is 0 Å². The van der Waals surface area contributed by atoms with Gasteiger partial charge in [0, 0.05) is 43.2 Å². The molecular weight excluding hydrogens is 404 g/mol. The Morgan fingerprint density at radius 2 is 1.81 bits per heavy atom. The molecule has 1 aromatic heterocycles. The quantitative estimate of drug-likeness (QED) is 0.602. The standard InChI is InChI=1S/C25H28N4O3/c1-28(2)25(32)18-8-11-20-21(14-18)22(24(31)27-23(20)30)15-26-19-9-6-17(7-10-19)16-29-12-4-3-5-13-29/h6-11,14-15H,3-5,12-13,16H2,1-2H3,(H2,27,30,31). The summed E-state index contributed by atoms with van der Waals surface area (Å²) in [6.07, 6.45) is 5.38. The van der Waals surface area contributed by atoms with Gasteiger partial charge in [0.1, 0.15) is 0 Å². The molecule has 7 heteroatoms. The first-order chi connectivity index (χ1) is 15.4. The Balaban J connectivity index is 1.62. The third kappa shape index (κ3) is 4.73. The summed E-state index contributed by atoms with van der Waals surface area (Å²) < 4.78 is 0. The molecule has 3 aromatic rings. The number of H-pyrrole nitrogens is 1. The van der Waals surface area contributed by atoms with Gasteiger partial charge in [0.15, 0.2) is 0 Å². The maximum atomic E-state index is 12.4. The lowest BCUT2D eigenvalue weighted by atomic mass is 10.0. The van der Waals surface area contributed by atoms with E-state index in [1.807, 2.05) is 12.1 Å². The van der Waals surface area contributed by atoms with Crippen LogP contribution in [0.25, 0.3) is 10.8 Å². The molecule has 2 heterocycles. The number of aromatic nitrogens is 1. The van der Waals surface area contributed by atoms with Crippen LogP contribution in [-0.4, -0.2) is 59.2 Å². The number of nitrogens with one attached hydrogen (secondary N) is 1. The van der Waals surface area contributed by atoms with Gasteiger partial charge in [-0.2, -0.15) is 0 Å². The Bertz CT molecular complexity index is 1210. The number of piperidine rings is 1. The minimum absolute atomic E-state index is 0.182. The summed E-state index contributed by atoms with van der Waals surface area (Å²) in [5, 5.41) is 11.2. The fourth-order valence-electron chi connectivity index (χ4n) is 4.06. The molecular formula is C25H28N4O3. The third-order valence-corrected chi connectivity index (χ3v) is 5.83. The second kappa shape index (κ2) is 9.36. The fraction of sp³-hybridized carbons (Fsp3) is 0.320. The van der Waals surface area contributed by atoms with Gasteiger partial charge >= 0.3 is 0 Å². The van der Waals surface area contributed by atoms with Gasteiger partial charge < -0.3 is 10.0 Å². The van der Waals surface area contributed by atoms with E-state index < -0.39 is 5.56 Å². The number of aromatic hydroxyl groups is 1. The number of carbonyl (C=O) groups is 1. The number of fused-ring (bicyclic) bond motifs is 1. The first kappa shape index (κ1) is 21.8. The third-order valence-electron chi connectivity index (χ3n) is 5.83. The van der Waals surface area contributed by atoms with E-state index in [2.05, 4.69) is 27.0 Å². The maximum absolute atomic E-state index is 12.4. The second-order valence-electron chi connectivity index (χ2n) is 8.44. The van der Waals surface area contributed by atoms with Crippen LogP contribution in [0.4, 0.5) is 5.69 Å². The minimum atomic E-state index is -0.416. The normalized spacial score (nSPS) is 14.8. The van der Waals surface area contributed by atoms with Crippen molar-refractivity contribution >= 4 is 28.6 Å². The lowest BCUT2D eigenvalue weighted by molar-refractivity contribution is 0.0827. The number of benzene rings is 2. The molecule has 2 N–H and O–H groups in total. The van der Waals surface area contributed by atoms with Gasteiger partial charge in [-0.1, -0.05) is 18.6 Å². The number of likely N-dealkylation sites (tertiary alicyclic amines) is 1. The number of aliphatic imine (C=N–C) groups is 1. The van der Waals surface area contributed by atoms with Crippen molar-refractivity contribution in [2.24, 2.45) is 4.99 Å². The number of hydrogen-bond acceptors (Lipinski definition) is 5. The molecule has 32 heavy (non-hydrogen) atoms. The molecule has 166 valence electrons. The SMILES string of the molecule is CN(C)C(=O)c1ccc2c(=O)[nH]c(O)c(C=Nc3ccc(CN4CCCCC4)cc3)c2c1. The number of pyridine rings is 1. The van der Waals surface area contributed by atoms with Crippen LogP contribution in [0.2, 0.25) is 0 Å². The van der Waals surface area contributed by atoms with Gasteiger partial charge in [-0.3, -0.25) is 24.5 Å². The molecule has 4 rings (SSSR count). The van der Waals surface area contributed by atoms with Gasteiger partial charge in [0.25, 0.3) is 11.5 Å². The van der Waals surface area contributed by atoms with Crippen LogP contribution < -0.4 is 5.56 Å². The largest absolute Gasteiger partial charge is 0.494 e. The van der Waals surface area contributed by atoms with E-state index in [-0.39, 0.29) is 11.8 Å². The molecule has 1 amide bonds. The van der Waals surface area contributed by atoms with Gasteiger partial charge in [0.05, 0.1) is 11.3 Å². The molecule has 0 bridgehead atoms. The summed E-state index contributed by atoms with van der Waals surface area (Å²) in [6.45, 7) is 3.24. The van der Waals surface area contributed by atoms with Gasteiger partial charge in [-0.25, -0.2) is 0 Å². The molecule has 1 aliphatic heterocycles. The molecule has 0 radical (unpaired) electrons. The zero-order chi connectivity index (χ0) is 22.7. The van der Waals surface area contributed by atoms with Crippen molar-refractivity contribution in [2.45, 2.75) is 25.8 Å². The summed E-state index contributed by atoms with van der Waals surface area (Å²) >= 11 is 0. The van der Waals surface area contributed by atoms with E-state index in [0.717, 1.165) is 25.3 Å². The van der Waals surface area contributed by atoms with E-state index in [4.69, 9.17) is 0 Å². The summed E-state index contributed by atoms with van der Waals surface area (Å²) in [5.74, 6) is -0.457. The van der Waals surface area contributed by atoms with Crippen molar-refractivity contribution in [1.82, 2.24) is 14.8 Å². The van der Waals surface area contributed by atoms with Crippen LogP contribution in [0.5, 0.6) is 5.88 Å². The summed E-state index contributed by atoms with van der Waals surface area (Å²) in [5.41, 5.74) is 2.37. The maximum Gasteiger partial charge on any atom is 0.258 e. The average molecular weight is 433 g/mol. The van der Waals surface area contributed by atoms with Crippen LogP contribution in [0.15, 0.2) is 52.3 Å². The summed E-state index contributed by atoms with van der Waals surface area (Å²) in [6, 6.07) is 12.9. The molecule has 0 atom stereocenters. The molecule has 0 saturated carbocycles. The number of carbonyl (C=O) groups excluding carboxylic acids is 1. The van der Waals surface area contributed by atoms with Crippen LogP contribution in [-0.2, 0) is 6.54 Å². The van der Waals surface area contributed by atoms with E-state index in [1.165, 1.54) is 35.9 Å². The van der Waals surface area contributed by atoms with Crippen LogP contribution in [0.3, 0.4) is 0 Å². The van der Waals surface area contributed by atoms with Gasteiger partial charge in [-0.15, -0.1) is 0 Å². The van der Waals surface area contributed by atoms with Crippen molar-refractivity contribution in [3.8, 4) is 5.88 Å². The van der Waals surface area contributed by atoms with E-state index in [1.54, 1.807) is 32.3 Å². The highest BCUT2D eigenvalue weighted by Gasteiger charge is 2.14. The minimum Gasteiger partial charge on any atom is -0.494 e. The van der Waals surface area contributed by atoms with Gasteiger partial charge in [-0.05, 0) is 61.8 Å². The van der Waals surface area contributed by atoms with E-state index in [9.17, 15) is 14.7 Å². The Morgan fingerprint density at radius 1 is 1.09 bits per heavy atom. The number of hydrogen-bond donors (Lipinski definition) is 2. The predicted octanol–water partition coefficient (Wildman–Crippen LogP) is 3.67. The lowest BCUT2D eigenvalue weighted by Gasteiger charge is -2.26. The molecule has 1 saturated heterocycles. The molecule has 1 fully saturated rings. The van der Waals surface area contributed by atoms with Crippen LogP contribution in [0, 0.1) is 0 Å². The second-order valence-corrected chi connectivity index (χ2v) is 8.44. The van der Waals surface area contributed by atoms with E-state index in [0.29, 0.717) is 21.9 Å². The van der Waals surface area contributed by atoms with Crippen molar-refractivity contribution in [2.75, 3.05) is 27.2 Å². The summed E-state index contributed by atoms with van der Waals surface area (Å²) in [7, 11) is 3.33. The first-order valence-corrected chi connectivity index (χ1v) is 10.9. The Labute approximate surface area is 187 Å². The topological polar surface area (TPSA) is 89.0 Å². The van der Waals surface area contributed by atoms with Crippen LogP contribution in [0.1, 0.15) is 40.7 Å². The predicted molar refractivity (Wildman–Crippen MR) is 127 cm³/mol. The highest BCUT2D eigenvalue weighted by Crippen LogP contribution is 2.24. The number of aromatic amines is 1.